The van der Waals surface area contributed by atoms with E-state index in [-0.39, 0.29) is 18.0 Å². The third-order valence-electron chi connectivity index (χ3n) is 5.85. The van der Waals surface area contributed by atoms with E-state index in [9.17, 15) is 9.59 Å². The van der Waals surface area contributed by atoms with Crippen LogP contribution in [0.25, 0.3) is 16.8 Å². The van der Waals surface area contributed by atoms with Crippen molar-refractivity contribution in [2.24, 2.45) is 0 Å². The van der Waals surface area contributed by atoms with Crippen LogP contribution in [-0.4, -0.2) is 69.4 Å². The van der Waals surface area contributed by atoms with Crippen LogP contribution in [0.15, 0.2) is 41.5 Å². The molecule has 5 rings (SSSR count). The third-order valence-corrected chi connectivity index (χ3v) is 5.85. The van der Waals surface area contributed by atoms with Gasteiger partial charge in [0.25, 0.3) is 5.56 Å². The maximum Gasteiger partial charge on any atom is 0.293 e. The second-order valence-corrected chi connectivity index (χ2v) is 7.67. The second-order valence-electron chi connectivity index (χ2n) is 7.67. The van der Waals surface area contributed by atoms with Crippen LogP contribution in [0.2, 0.25) is 0 Å². The van der Waals surface area contributed by atoms with Gasteiger partial charge in [0.15, 0.2) is 5.79 Å². The smallest absolute Gasteiger partial charge is 0.293 e. The number of nitrogens with zero attached hydrogens (tertiary/aromatic N) is 5. The molecule has 10 heteroatoms. The van der Waals surface area contributed by atoms with Gasteiger partial charge in [-0.25, -0.2) is 9.20 Å². The number of rotatable bonds is 4. The predicted molar refractivity (Wildman–Crippen MR) is 110 cm³/mol. The average molecular weight is 425 g/mol. The molecule has 3 aromatic rings. The Kier molecular flexibility index (Phi) is 4.95. The molecule has 0 bridgehead atoms. The zero-order valence-corrected chi connectivity index (χ0v) is 17.2. The molecule has 10 nitrogen and oxygen atoms in total. The fourth-order valence-corrected chi connectivity index (χ4v) is 4.06. The Balaban J connectivity index is 1.32. The fraction of sp³-hybridized carbons (Fsp3) is 0.429. The molecule has 2 saturated heterocycles. The van der Waals surface area contributed by atoms with Gasteiger partial charge in [0.05, 0.1) is 26.0 Å². The number of hydrogen-bond acceptors (Lipinski definition) is 7. The summed E-state index contributed by atoms with van der Waals surface area (Å²) in [6, 6.07) is 9.11. The van der Waals surface area contributed by atoms with Crippen molar-refractivity contribution in [1.82, 2.24) is 24.3 Å². The summed E-state index contributed by atoms with van der Waals surface area (Å²) < 4.78 is 19.2. The molecule has 162 valence electrons. The van der Waals surface area contributed by atoms with Gasteiger partial charge in [0, 0.05) is 31.5 Å². The van der Waals surface area contributed by atoms with Crippen molar-refractivity contribution in [3.63, 3.8) is 0 Å². The van der Waals surface area contributed by atoms with Gasteiger partial charge in [0.1, 0.15) is 24.1 Å². The standard InChI is InChI=1S/C21H23N5O5/c1-29-16-4-2-15(3-5-16)17-12-18-20(28)25(22-14-26(18)23-17)13-19(27)24-8-6-21(7-9-24)30-10-11-31-21/h2-5,12,14H,6-11,13H2,1H3. The summed E-state index contributed by atoms with van der Waals surface area (Å²) in [4.78, 5) is 27.4. The molecular formula is C21H23N5O5. The van der Waals surface area contributed by atoms with Gasteiger partial charge in [-0.1, -0.05) is 0 Å². The Bertz CT molecular complexity index is 1150. The Morgan fingerprint density at radius 2 is 1.87 bits per heavy atom. The highest BCUT2D eigenvalue weighted by Crippen LogP contribution is 2.31. The molecule has 0 N–H and O–H groups in total. The Labute approximate surface area is 177 Å². The molecule has 1 spiro atoms. The Morgan fingerprint density at radius 1 is 1.16 bits per heavy atom. The minimum atomic E-state index is -0.541. The molecular weight excluding hydrogens is 402 g/mol. The highest BCUT2D eigenvalue weighted by molar-refractivity contribution is 5.76. The first-order valence-electron chi connectivity index (χ1n) is 10.2. The van der Waals surface area contributed by atoms with Crippen LogP contribution in [0.3, 0.4) is 0 Å². The quantitative estimate of drug-likeness (QED) is 0.613. The molecule has 2 fully saturated rings. The first kappa shape index (κ1) is 19.7. The monoisotopic (exact) mass is 425 g/mol. The lowest BCUT2D eigenvalue weighted by atomic mass is 10.0. The lowest BCUT2D eigenvalue weighted by Gasteiger charge is -2.37. The summed E-state index contributed by atoms with van der Waals surface area (Å²) in [5.41, 5.74) is 1.49. The number of piperidine rings is 1. The summed E-state index contributed by atoms with van der Waals surface area (Å²) in [6.07, 6.45) is 2.71. The van der Waals surface area contributed by atoms with E-state index in [1.807, 2.05) is 24.3 Å². The van der Waals surface area contributed by atoms with Crippen molar-refractivity contribution in [2.45, 2.75) is 25.2 Å². The molecule has 0 saturated carbocycles. The summed E-state index contributed by atoms with van der Waals surface area (Å²) >= 11 is 0. The molecule has 2 aliphatic heterocycles. The SMILES string of the molecule is COc1ccc(-c2cc3c(=O)n(CC(=O)N4CCC5(CC4)OCCO5)ncn3n2)cc1. The van der Waals surface area contributed by atoms with Gasteiger partial charge in [-0.05, 0) is 30.3 Å². The number of ether oxygens (including phenoxy) is 3. The van der Waals surface area contributed by atoms with Crippen LogP contribution < -0.4 is 10.3 Å². The van der Waals surface area contributed by atoms with E-state index < -0.39 is 5.79 Å². The predicted octanol–water partition coefficient (Wildman–Crippen LogP) is 0.932. The molecule has 2 aliphatic rings. The highest BCUT2D eigenvalue weighted by atomic mass is 16.7. The molecule has 0 atom stereocenters. The lowest BCUT2D eigenvalue weighted by Crippen LogP contribution is -2.48. The van der Waals surface area contributed by atoms with Crippen LogP contribution in [0.5, 0.6) is 5.75 Å². The van der Waals surface area contributed by atoms with Crippen LogP contribution in [-0.2, 0) is 20.8 Å². The van der Waals surface area contributed by atoms with Crippen molar-refractivity contribution >= 4 is 11.4 Å². The Morgan fingerprint density at radius 3 is 2.55 bits per heavy atom. The van der Waals surface area contributed by atoms with Gasteiger partial charge in [-0.15, -0.1) is 0 Å². The number of amides is 1. The van der Waals surface area contributed by atoms with Gasteiger partial charge >= 0.3 is 0 Å². The normalized spacial score (nSPS) is 18.0. The molecule has 0 unspecified atom stereocenters. The van der Waals surface area contributed by atoms with Gasteiger partial charge in [-0.2, -0.15) is 10.2 Å². The Hall–Kier alpha value is -3.24. The van der Waals surface area contributed by atoms with E-state index in [1.165, 1.54) is 15.5 Å². The molecule has 2 aromatic heterocycles. The number of methoxy groups -OCH3 is 1. The van der Waals surface area contributed by atoms with Gasteiger partial charge < -0.3 is 19.1 Å². The number of likely N-dealkylation sites (tertiary alicyclic amines) is 1. The van der Waals surface area contributed by atoms with Crippen LogP contribution >= 0.6 is 0 Å². The summed E-state index contributed by atoms with van der Waals surface area (Å²) in [5, 5.41) is 8.56. The molecule has 0 radical (unpaired) electrons. The van der Waals surface area contributed by atoms with E-state index in [0.717, 1.165) is 11.3 Å². The summed E-state index contributed by atoms with van der Waals surface area (Å²) in [5.74, 6) is 0.0479. The maximum absolute atomic E-state index is 12.9. The minimum Gasteiger partial charge on any atom is -0.497 e. The van der Waals surface area contributed by atoms with E-state index in [1.54, 1.807) is 18.1 Å². The molecule has 0 aliphatic carbocycles. The van der Waals surface area contributed by atoms with Crippen molar-refractivity contribution in [2.75, 3.05) is 33.4 Å². The summed E-state index contributed by atoms with van der Waals surface area (Å²) in [7, 11) is 1.60. The number of fused-ring (bicyclic) bond motifs is 1. The van der Waals surface area contributed by atoms with Crippen molar-refractivity contribution < 1.29 is 19.0 Å². The average Bonchev–Trinajstić information content (AvgIpc) is 3.44. The van der Waals surface area contributed by atoms with E-state index in [0.29, 0.717) is 50.4 Å². The topological polar surface area (TPSA) is 100 Å². The number of aromatic nitrogens is 4. The highest BCUT2D eigenvalue weighted by Gasteiger charge is 2.40. The van der Waals surface area contributed by atoms with E-state index in [4.69, 9.17) is 14.2 Å². The number of benzene rings is 1. The van der Waals surface area contributed by atoms with Crippen LogP contribution in [0.4, 0.5) is 0 Å². The van der Waals surface area contributed by atoms with E-state index >= 15 is 0 Å². The van der Waals surface area contributed by atoms with Crippen LogP contribution in [0.1, 0.15) is 12.8 Å². The largest absolute Gasteiger partial charge is 0.497 e. The summed E-state index contributed by atoms with van der Waals surface area (Å²) in [6.45, 7) is 2.13. The third kappa shape index (κ3) is 3.68. The van der Waals surface area contributed by atoms with E-state index in [2.05, 4.69) is 10.2 Å². The lowest BCUT2D eigenvalue weighted by molar-refractivity contribution is -0.187. The molecule has 1 aromatic carbocycles. The second kappa shape index (κ2) is 7.78. The molecule has 1 amide bonds. The number of carbonyl (C=O) groups excluding carboxylic acids is 1. The van der Waals surface area contributed by atoms with Crippen molar-refractivity contribution in [1.29, 1.82) is 0 Å². The molecule has 31 heavy (non-hydrogen) atoms. The maximum atomic E-state index is 12.9. The zero-order chi connectivity index (χ0) is 21.4. The van der Waals surface area contributed by atoms with Gasteiger partial charge in [-0.3, -0.25) is 9.59 Å². The molecule has 4 heterocycles. The van der Waals surface area contributed by atoms with Crippen LogP contribution in [0, 0.1) is 0 Å². The number of carbonyl (C=O) groups is 1. The van der Waals surface area contributed by atoms with Crippen molar-refractivity contribution in [3.8, 4) is 17.0 Å². The first-order valence-corrected chi connectivity index (χ1v) is 10.2. The number of hydrogen-bond donors (Lipinski definition) is 0. The van der Waals surface area contributed by atoms with Gasteiger partial charge in [0.2, 0.25) is 5.91 Å². The fourth-order valence-electron chi connectivity index (χ4n) is 4.06. The van der Waals surface area contributed by atoms with Crippen molar-refractivity contribution in [3.05, 3.63) is 47.0 Å². The minimum absolute atomic E-state index is 0.118. The zero-order valence-electron chi connectivity index (χ0n) is 17.2. The first-order chi connectivity index (χ1) is 15.1.